The van der Waals surface area contributed by atoms with Gasteiger partial charge in [-0.1, -0.05) is 30.3 Å². The molecule has 0 aliphatic carbocycles. The number of carbonyl (C=O) groups excluding carboxylic acids is 1. The first-order valence-corrected chi connectivity index (χ1v) is 10.0. The Morgan fingerprint density at radius 1 is 1.16 bits per heavy atom. The molecule has 6 nitrogen and oxygen atoms in total. The van der Waals surface area contributed by atoms with Crippen LogP contribution in [0.5, 0.6) is 5.75 Å². The summed E-state index contributed by atoms with van der Waals surface area (Å²) in [5, 5.41) is 2.90. The highest BCUT2D eigenvalue weighted by molar-refractivity contribution is 5.83. The van der Waals surface area contributed by atoms with E-state index in [1.165, 1.54) is 31.4 Å². The second-order valence-corrected chi connectivity index (χ2v) is 7.71. The quantitative estimate of drug-likeness (QED) is 0.679. The van der Waals surface area contributed by atoms with E-state index in [1.807, 2.05) is 24.3 Å². The number of para-hydroxylation sites is 1. The molecule has 4 rings (SSSR count). The van der Waals surface area contributed by atoms with Gasteiger partial charge in [0, 0.05) is 25.8 Å². The van der Waals surface area contributed by atoms with Gasteiger partial charge in [0.05, 0.1) is 12.1 Å². The molecule has 0 aromatic heterocycles. The molecular weight excluding hydrogens is 432 g/mol. The summed E-state index contributed by atoms with van der Waals surface area (Å²) < 4.78 is 66.3. The summed E-state index contributed by atoms with van der Waals surface area (Å²) in [6.07, 6.45) is -6.28. The number of alkyl halides is 3. The van der Waals surface area contributed by atoms with Gasteiger partial charge in [0.1, 0.15) is 30.3 Å². The number of nitrogens with one attached hydrogen (secondary N) is 1. The van der Waals surface area contributed by atoms with Crippen molar-refractivity contribution < 1.29 is 36.6 Å². The van der Waals surface area contributed by atoms with Gasteiger partial charge in [-0.15, -0.1) is 13.2 Å². The van der Waals surface area contributed by atoms with E-state index in [2.05, 4.69) is 10.1 Å². The maximum absolute atomic E-state index is 13.4. The monoisotopic (exact) mass is 454 g/mol. The lowest BCUT2D eigenvalue weighted by Gasteiger charge is -2.44. The Hall–Kier alpha value is -2.69. The minimum absolute atomic E-state index is 0.0906. The SMILES string of the molecule is COC1c2ccccc2OCC1NC(=O)C(c1ccc(F)cc1)N1CC(OC(F)(F)F)C1. The van der Waals surface area contributed by atoms with Crippen molar-refractivity contribution in [1.82, 2.24) is 10.2 Å². The molecule has 0 saturated carbocycles. The fourth-order valence-electron chi connectivity index (χ4n) is 4.12. The lowest BCUT2D eigenvalue weighted by atomic mass is 9.96. The first kappa shape index (κ1) is 22.5. The first-order chi connectivity index (χ1) is 15.2. The molecule has 0 radical (unpaired) electrons. The topological polar surface area (TPSA) is 60.0 Å². The van der Waals surface area contributed by atoms with Gasteiger partial charge in [-0.3, -0.25) is 14.4 Å². The number of fused-ring (bicyclic) bond motifs is 1. The fourth-order valence-corrected chi connectivity index (χ4v) is 4.12. The number of methoxy groups -OCH3 is 1. The second-order valence-electron chi connectivity index (χ2n) is 7.71. The zero-order valence-electron chi connectivity index (χ0n) is 17.1. The predicted octanol–water partition coefficient (Wildman–Crippen LogP) is 3.35. The summed E-state index contributed by atoms with van der Waals surface area (Å²) in [6.45, 7) is -0.0173. The van der Waals surface area contributed by atoms with Crippen LogP contribution < -0.4 is 10.1 Å². The van der Waals surface area contributed by atoms with Crippen molar-refractivity contribution in [1.29, 1.82) is 0 Å². The normalized spacial score (nSPS) is 22.4. The van der Waals surface area contributed by atoms with Crippen LogP contribution in [0.25, 0.3) is 0 Å². The number of carbonyl (C=O) groups is 1. The van der Waals surface area contributed by atoms with E-state index in [-0.39, 0.29) is 19.7 Å². The van der Waals surface area contributed by atoms with Crippen LogP contribution in [0.3, 0.4) is 0 Å². The van der Waals surface area contributed by atoms with Gasteiger partial charge in [0.2, 0.25) is 5.91 Å². The van der Waals surface area contributed by atoms with Crippen LogP contribution in [-0.2, 0) is 14.3 Å². The average molecular weight is 454 g/mol. The summed E-state index contributed by atoms with van der Waals surface area (Å²) in [7, 11) is 1.53. The van der Waals surface area contributed by atoms with E-state index < -0.39 is 42.4 Å². The maximum atomic E-state index is 13.4. The van der Waals surface area contributed by atoms with Crippen LogP contribution in [0.15, 0.2) is 48.5 Å². The molecule has 32 heavy (non-hydrogen) atoms. The van der Waals surface area contributed by atoms with E-state index >= 15 is 0 Å². The largest absolute Gasteiger partial charge is 0.522 e. The van der Waals surface area contributed by atoms with Crippen LogP contribution in [0.2, 0.25) is 0 Å². The van der Waals surface area contributed by atoms with Crippen LogP contribution in [0.1, 0.15) is 23.3 Å². The van der Waals surface area contributed by atoms with Gasteiger partial charge in [0.25, 0.3) is 0 Å². The number of amides is 1. The highest BCUT2D eigenvalue weighted by Crippen LogP contribution is 2.35. The zero-order chi connectivity index (χ0) is 22.9. The van der Waals surface area contributed by atoms with Crippen molar-refractivity contribution >= 4 is 5.91 Å². The van der Waals surface area contributed by atoms with Gasteiger partial charge in [-0.25, -0.2) is 4.39 Å². The average Bonchev–Trinajstić information content (AvgIpc) is 2.72. The summed E-state index contributed by atoms with van der Waals surface area (Å²) >= 11 is 0. The Morgan fingerprint density at radius 2 is 1.84 bits per heavy atom. The van der Waals surface area contributed by atoms with Crippen molar-refractivity contribution in [2.45, 2.75) is 30.7 Å². The maximum Gasteiger partial charge on any atom is 0.522 e. The number of benzene rings is 2. The van der Waals surface area contributed by atoms with Crippen molar-refractivity contribution in [2.24, 2.45) is 0 Å². The Balaban J connectivity index is 1.51. The molecule has 3 unspecified atom stereocenters. The summed E-state index contributed by atoms with van der Waals surface area (Å²) in [6, 6.07) is 11.2. The zero-order valence-corrected chi connectivity index (χ0v) is 17.1. The number of halogens is 4. The smallest absolute Gasteiger partial charge is 0.491 e. The minimum atomic E-state index is -4.75. The van der Waals surface area contributed by atoms with Gasteiger partial charge in [-0.2, -0.15) is 0 Å². The Bertz CT molecular complexity index is 948. The predicted molar refractivity (Wildman–Crippen MR) is 105 cm³/mol. The van der Waals surface area contributed by atoms with Crippen molar-refractivity contribution in [3.63, 3.8) is 0 Å². The van der Waals surface area contributed by atoms with Crippen LogP contribution in [0.4, 0.5) is 17.6 Å². The highest BCUT2D eigenvalue weighted by Gasteiger charge is 2.44. The van der Waals surface area contributed by atoms with Crippen molar-refractivity contribution in [3.05, 3.63) is 65.5 Å². The van der Waals surface area contributed by atoms with E-state index in [1.54, 1.807) is 4.90 Å². The summed E-state index contributed by atoms with van der Waals surface area (Å²) in [4.78, 5) is 14.8. The number of nitrogens with zero attached hydrogens (tertiary/aromatic N) is 1. The van der Waals surface area contributed by atoms with E-state index in [9.17, 15) is 22.4 Å². The first-order valence-electron chi connectivity index (χ1n) is 10.0. The minimum Gasteiger partial charge on any atom is -0.491 e. The fraction of sp³-hybridized carbons (Fsp3) is 0.409. The van der Waals surface area contributed by atoms with Gasteiger partial charge in [0.15, 0.2) is 0 Å². The number of likely N-dealkylation sites (tertiary alicyclic amines) is 1. The summed E-state index contributed by atoms with van der Waals surface area (Å²) in [5.74, 6) is -0.265. The molecule has 0 bridgehead atoms. The molecule has 2 aromatic carbocycles. The molecule has 0 spiro atoms. The standard InChI is InChI=1S/C22H22F4N2O4/c1-30-20-16-4-2-3-5-18(16)31-12-17(20)27-21(29)19(13-6-8-14(23)9-7-13)28-10-15(11-28)32-22(24,25)26/h2-9,15,17,19-20H,10-12H2,1H3,(H,27,29). The Kier molecular flexibility index (Phi) is 6.36. The number of ether oxygens (including phenoxy) is 3. The number of rotatable bonds is 6. The molecule has 3 atom stereocenters. The van der Waals surface area contributed by atoms with E-state index in [0.29, 0.717) is 11.3 Å². The molecule has 1 amide bonds. The Labute approximate surface area is 182 Å². The third kappa shape index (κ3) is 4.87. The molecule has 172 valence electrons. The number of hydrogen-bond acceptors (Lipinski definition) is 5. The van der Waals surface area contributed by atoms with Crippen LogP contribution in [-0.4, -0.2) is 56.1 Å². The van der Waals surface area contributed by atoms with E-state index in [4.69, 9.17) is 9.47 Å². The van der Waals surface area contributed by atoms with Crippen LogP contribution >= 0.6 is 0 Å². The number of hydrogen-bond donors (Lipinski definition) is 1. The second kappa shape index (κ2) is 9.05. The third-order valence-electron chi connectivity index (χ3n) is 5.57. The van der Waals surface area contributed by atoms with Gasteiger partial charge >= 0.3 is 6.36 Å². The molecule has 1 fully saturated rings. The summed E-state index contributed by atoms with van der Waals surface area (Å²) in [5.41, 5.74) is 1.24. The molecule has 10 heteroatoms. The van der Waals surface area contributed by atoms with Crippen molar-refractivity contribution in [2.75, 3.05) is 26.8 Å². The van der Waals surface area contributed by atoms with Gasteiger partial charge in [-0.05, 0) is 23.8 Å². The molecule has 1 N–H and O–H groups in total. The van der Waals surface area contributed by atoms with Gasteiger partial charge < -0.3 is 14.8 Å². The molecule has 2 heterocycles. The molecule has 2 aromatic rings. The molecule has 1 saturated heterocycles. The third-order valence-corrected chi connectivity index (χ3v) is 5.57. The molecular formula is C22H22F4N2O4. The molecule has 2 aliphatic heterocycles. The lowest BCUT2D eigenvalue weighted by Crippen LogP contribution is -2.59. The van der Waals surface area contributed by atoms with E-state index in [0.717, 1.165) is 5.56 Å². The Morgan fingerprint density at radius 3 is 2.50 bits per heavy atom. The lowest BCUT2D eigenvalue weighted by molar-refractivity contribution is -0.355. The highest BCUT2D eigenvalue weighted by atomic mass is 19.4. The van der Waals surface area contributed by atoms with Crippen LogP contribution in [0, 0.1) is 5.82 Å². The van der Waals surface area contributed by atoms with Crippen molar-refractivity contribution in [3.8, 4) is 5.75 Å². The molecule has 2 aliphatic rings.